The molecule has 10 rings (SSSR count). The van der Waals surface area contributed by atoms with Gasteiger partial charge in [0.1, 0.15) is 11.2 Å². The van der Waals surface area contributed by atoms with Gasteiger partial charge in [0.15, 0.2) is 5.82 Å². The quantitative estimate of drug-likeness (QED) is 0.188. The van der Waals surface area contributed by atoms with Crippen molar-refractivity contribution in [1.82, 2.24) is 14.5 Å². The highest BCUT2D eigenvalue weighted by Gasteiger charge is 2.20. The molecule has 0 radical (unpaired) electrons. The van der Waals surface area contributed by atoms with Crippen molar-refractivity contribution in [1.29, 1.82) is 0 Å². The lowest BCUT2D eigenvalue weighted by Gasteiger charge is -2.11. The Labute approximate surface area is 288 Å². The lowest BCUT2D eigenvalue weighted by atomic mass is 10.0. The Kier molecular flexibility index (Phi) is 6.46. The summed E-state index contributed by atoms with van der Waals surface area (Å²) in [7, 11) is 0. The third-order valence-electron chi connectivity index (χ3n) is 9.64. The molecule has 3 aromatic heterocycles. The number of fused-ring (bicyclic) bond motifs is 6. The first-order chi connectivity index (χ1) is 24.8. The largest absolute Gasteiger partial charge is 0.455 e. The van der Waals surface area contributed by atoms with Gasteiger partial charge in [-0.1, -0.05) is 140 Å². The number of hydrogen-bond acceptors (Lipinski definition) is 3. The van der Waals surface area contributed by atoms with E-state index in [0.29, 0.717) is 5.82 Å². The van der Waals surface area contributed by atoms with Crippen LogP contribution in [0.2, 0.25) is 0 Å². The molecule has 234 valence electrons. The number of hydrogen-bond donors (Lipinski definition) is 0. The first-order valence-corrected chi connectivity index (χ1v) is 16.8. The topological polar surface area (TPSA) is 43.9 Å². The normalized spacial score (nSPS) is 11.6. The van der Waals surface area contributed by atoms with Crippen molar-refractivity contribution >= 4 is 43.7 Å². The Balaban J connectivity index is 1.18. The average molecular weight is 640 g/mol. The van der Waals surface area contributed by atoms with Crippen LogP contribution in [0.4, 0.5) is 0 Å². The number of nitrogens with zero attached hydrogens (tertiary/aromatic N) is 3. The van der Waals surface area contributed by atoms with Crippen LogP contribution in [0.15, 0.2) is 180 Å². The third-order valence-corrected chi connectivity index (χ3v) is 9.64. The standard InChI is InChI=1S/C46H29N3O/c1-3-13-30(14-4-1)31-25-27-32(28-26-31)38-29-39(48-46(47-38)33-15-5-2-6-16-33)36-19-11-20-37-44-42(23-12-24-43(44)50-45(36)37)49-40-21-9-7-17-34(40)35-18-8-10-22-41(35)49/h1-29H. The van der Waals surface area contributed by atoms with Gasteiger partial charge in [-0.2, -0.15) is 0 Å². The highest BCUT2D eigenvalue weighted by Crippen LogP contribution is 2.41. The van der Waals surface area contributed by atoms with Crippen LogP contribution in [0.3, 0.4) is 0 Å². The van der Waals surface area contributed by atoms with E-state index in [4.69, 9.17) is 14.4 Å². The molecule has 0 aliphatic rings. The third kappa shape index (κ3) is 4.54. The Morgan fingerprint density at radius 1 is 0.420 bits per heavy atom. The lowest BCUT2D eigenvalue weighted by molar-refractivity contribution is 0.669. The molecule has 0 saturated heterocycles. The minimum Gasteiger partial charge on any atom is -0.455 e. The van der Waals surface area contributed by atoms with Crippen molar-refractivity contribution in [2.45, 2.75) is 0 Å². The maximum Gasteiger partial charge on any atom is 0.160 e. The molecule has 0 amide bonds. The van der Waals surface area contributed by atoms with E-state index in [1.165, 1.54) is 16.3 Å². The molecule has 0 N–H and O–H groups in total. The number of rotatable bonds is 5. The van der Waals surface area contributed by atoms with Crippen LogP contribution in [0, 0.1) is 0 Å². The Morgan fingerprint density at radius 2 is 0.980 bits per heavy atom. The molecular weight excluding hydrogens is 611 g/mol. The minimum atomic E-state index is 0.671. The van der Waals surface area contributed by atoms with Crippen LogP contribution in [0.25, 0.3) is 94.5 Å². The van der Waals surface area contributed by atoms with Crippen molar-refractivity contribution < 1.29 is 4.42 Å². The van der Waals surface area contributed by atoms with E-state index < -0.39 is 0 Å². The Bertz CT molecular complexity index is 2800. The fraction of sp³-hybridized carbons (Fsp3) is 0. The van der Waals surface area contributed by atoms with Crippen molar-refractivity contribution in [3.63, 3.8) is 0 Å². The van der Waals surface area contributed by atoms with Gasteiger partial charge in [0.25, 0.3) is 0 Å². The van der Waals surface area contributed by atoms with Crippen LogP contribution in [-0.2, 0) is 0 Å². The molecule has 10 aromatic rings. The van der Waals surface area contributed by atoms with Crippen LogP contribution in [0.5, 0.6) is 0 Å². The lowest BCUT2D eigenvalue weighted by Crippen LogP contribution is -1.96. The van der Waals surface area contributed by atoms with Gasteiger partial charge in [-0.3, -0.25) is 0 Å². The van der Waals surface area contributed by atoms with Crippen molar-refractivity contribution in [2.75, 3.05) is 0 Å². The van der Waals surface area contributed by atoms with Crippen molar-refractivity contribution in [2.24, 2.45) is 0 Å². The second-order valence-electron chi connectivity index (χ2n) is 12.6. The number of aromatic nitrogens is 3. The molecule has 0 fully saturated rings. The smallest absolute Gasteiger partial charge is 0.160 e. The number of furan rings is 1. The van der Waals surface area contributed by atoms with E-state index in [0.717, 1.165) is 72.3 Å². The van der Waals surface area contributed by atoms with Gasteiger partial charge in [-0.05, 0) is 47.5 Å². The first-order valence-electron chi connectivity index (χ1n) is 16.8. The molecule has 4 nitrogen and oxygen atoms in total. The van der Waals surface area contributed by atoms with Crippen LogP contribution in [0.1, 0.15) is 0 Å². The molecule has 0 bridgehead atoms. The molecule has 7 aromatic carbocycles. The predicted molar refractivity (Wildman–Crippen MR) is 205 cm³/mol. The Morgan fingerprint density at radius 3 is 1.70 bits per heavy atom. The second-order valence-corrected chi connectivity index (χ2v) is 12.6. The Hall–Kier alpha value is -6.78. The summed E-state index contributed by atoms with van der Waals surface area (Å²) in [4.78, 5) is 10.2. The zero-order chi connectivity index (χ0) is 33.0. The summed E-state index contributed by atoms with van der Waals surface area (Å²) in [5, 5.41) is 4.58. The molecule has 4 heteroatoms. The fourth-order valence-corrected chi connectivity index (χ4v) is 7.31. The minimum absolute atomic E-state index is 0.671. The van der Waals surface area contributed by atoms with E-state index in [1.54, 1.807) is 0 Å². The molecule has 0 saturated carbocycles. The highest BCUT2D eigenvalue weighted by atomic mass is 16.3. The van der Waals surface area contributed by atoms with E-state index in [2.05, 4.69) is 156 Å². The van der Waals surface area contributed by atoms with Gasteiger partial charge < -0.3 is 8.98 Å². The van der Waals surface area contributed by atoms with Gasteiger partial charge in [-0.15, -0.1) is 0 Å². The van der Waals surface area contributed by atoms with Crippen LogP contribution < -0.4 is 0 Å². The summed E-state index contributed by atoms with van der Waals surface area (Å²) >= 11 is 0. The van der Waals surface area contributed by atoms with E-state index in [-0.39, 0.29) is 0 Å². The van der Waals surface area contributed by atoms with E-state index >= 15 is 0 Å². The molecule has 0 unspecified atom stereocenters. The first kappa shape index (κ1) is 28.3. The maximum atomic E-state index is 6.78. The molecule has 3 heterocycles. The monoisotopic (exact) mass is 639 g/mol. The molecule has 0 spiro atoms. The van der Waals surface area contributed by atoms with Gasteiger partial charge in [0.2, 0.25) is 0 Å². The van der Waals surface area contributed by atoms with Crippen LogP contribution >= 0.6 is 0 Å². The summed E-state index contributed by atoms with van der Waals surface area (Å²) in [6, 6.07) is 61.2. The van der Waals surface area contributed by atoms with Gasteiger partial charge >= 0.3 is 0 Å². The number of benzene rings is 7. The van der Waals surface area contributed by atoms with Crippen molar-refractivity contribution in [3.05, 3.63) is 176 Å². The second kappa shape index (κ2) is 11.4. The van der Waals surface area contributed by atoms with Gasteiger partial charge in [0.05, 0.1) is 33.5 Å². The van der Waals surface area contributed by atoms with Gasteiger partial charge in [-0.25, -0.2) is 9.97 Å². The fourth-order valence-electron chi connectivity index (χ4n) is 7.31. The summed E-state index contributed by atoms with van der Waals surface area (Å²) in [6.07, 6.45) is 0. The number of para-hydroxylation sites is 3. The summed E-state index contributed by atoms with van der Waals surface area (Å²) in [5.74, 6) is 0.671. The summed E-state index contributed by atoms with van der Waals surface area (Å²) in [6.45, 7) is 0. The van der Waals surface area contributed by atoms with Crippen LogP contribution in [-0.4, -0.2) is 14.5 Å². The predicted octanol–water partition coefficient (Wildman–Crippen LogP) is 12.1. The van der Waals surface area contributed by atoms with Crippen molar-refractivity contribution in [3.8, 4) is 50.7 Å². The average Bonchev–Trinajstić information content (AvgIpc) is 3.75. The molecule has 0 atom stereocenters. The summed E-state index contributed by atoms with van der Waals surface area (Å²) in [5.41, 5.74) is 12.0. The van der Waals surface area contributed by atoms with Gasteiger partial charge in [0, 0.05) is 32.8 Å². The SMILES string of the molecule is c1ccc(-c2ccc(-c3cc(-c4cccc5c4oc4cccc(-n6c7ccccc7c7ccccc76)c45)nc(-c4ccccc4)n3)cc2)cc1. The molecule has 0 aliphatic carbocycles. The maximum absolute atomic E-state index is 6.78. The summed E-state index contributed by atoms with van der Waals surface area (Å²) < 4.78 is 9.15. The highest BCUT2D eigenvalue weighted by molar-refractivity contribution is 6.16. The zero-order valence-electron chi connectivity index (χ0n) is 27.0. The molecule has 50 heavy (non-hydrogen) atoms. The van der Waals surface area contributed by atoms with E-state index in [9.17, 15) is 0 Å². The molecule has 0 aliphatic heterocycles. The molecular formula is C46H29N3O. The zero-order valence-corrected chi connectivity index (χ0v) is 27.0. The van der Waals surface area contributed by atoms with E-state index in [1.807, 2.05) is 24.3 Å².